The monoisotopic (exact) mass is 394 g/mol. The van der Waals surface area contributed by atoms with Crippen molar-refractivity contribution in [3.05, 3.63) is 11.6 Å². The number of hydrogen-bond acceptors (Lipinski definition) is 4. The van der Waals surface area contributed by atoms with Gasteiger partial charge in [-0.1, -0.05) is 6.92 Å². The maximum Gasteiger partial charge on any atom is 0.165 e. The van der Waals surface area contributed by atoms with Crippen LogP contribution in [-0.2, 0) is 14.4 Å². The summed E-state index contributed by atoms with van der Waals surface area (Å²) in [6.45, 7) is 4.38. The molecule has 4 nitrogen and oxygen atoms in total. The van der Waals surface area contributed by atoms with Crippen molar-refractivity contribution in [2.75, 3.05) is 6.61 Å². The van der Waals surface area contributed by atoms with E-state index in [4.69, 9.17) is 0 Å². The third-order valence-electron chi connectivity index (χ3n) is 8.87. The summed E-state index contributed by atoms with van der Waals surface area (Å²) in [5.74, 6) is -3.41. The van der Waals surface area contributed by atoms with Gasteiger partial charge >= 0.3 is 0 Å². The summed E-state index contributed by atoms with van der Waals surface area (Å²) in [5.41, 5.74) is -4.04. The standard InChI is InChI=1S/C22H28F2O4/c1-11-17(26)9-15-16(23)8-14-12-4-5-13(18(27)10-25)20(12,2)6-7-22(14,24)21(15,3)19(11)28/h9,11-14,16,25H,4-8,10H2,1-3H3/t11?,12-,13+,14-,16?,20-,21+,22+/m0/s1. The van der Waals surface area contributed by atoms with Gasteiger partial charge in [0, 0.05) is 11.8 Å². The van der Waals surface area contributed by atoms with Gasteiger partial charge in [-0.05, 0) is 68.9 Å². The van der Waals surface area contributed by atoms with E-state index in [1.54, 1.807) is 0 Å². The third-order valence-corrected chi connectivity index (χ3v) is 8.87. The first-order chi connectivity index (χ1) is 13.0. The highest BCUT2D eigenvalue weighted by molar-refractivity contribution is 6.14. The summed E-state index contributed by atoms with van der Waals surface area (Å²) in [6, 6.07) is 0. The Morgan fingerprint density at radius 3 is 2.54 bits per heavy atom. The first-order valence-electron chi connectivity index (χ1n) is 10.3. The number of Topliss-reactive ketones (excluding diaryl/α,β-unsaturated/α-hetero) is 2. The Morgan fingerprint density at radius 1 is 1.21 bits per heavy atom. The van der Waals surface area contributed by atoms with Crippen LogP contribution in [0.3, 0.4) is 0 Å². The number of allylic oxidation sites excluding steroid dienone is 1. The van der Waals surface area contributed by atoms with E-state index in [1.165, 1.54) is 19.9 Å². The normalized spacial score (nSPS) is 50.5. The molecule has 0 aliphatic heterocycles. The Balaban J connectivity index is 1.81. The van der Waals surface area contributed by atoms with Crippen LogP contribution in [-0.4, -0.2) is 40.9 Å². The van der Waals surface area contributed by atoms with Crippen LogP contribution >= 0.6 is 0 Å². The fourth-order valence-electron chi connectivity index (χ4n) is 7.18. The van der Waals surface area contributed by atoms with Gasteiger partial charge in [-0.25, -0.2) is 8.78 Å². The molecular formula is C22H28F2O4. The van der Waals surface area contributed by atoms with Crippen LogP contribution in [0.5, 0.6) is 0 Å². The van der Waals surface area contributed by atoms with Crippen molar-refractivity contribution in [3.8, 4) is 0 Å². The average Bonchev–Trinajstić information content (AvgIpc) is 3.01. The summed E-state index contributed by atoms with van der Waals surface area (Å²) in [7, 11) is 0. The summed E-state index contributed by atoms with van der Waals surface area (Å²) in [5, 5.41) is 9.34. The lowest BCUT2D eigenvalue weighted by molar-refractivity contribution is -0.174. The Bertz CT molecular complexity index is 791. The minimum absolute atomic E-state index is 0.00364. The molecule has 0 bridgehead atoms. The van der Waals surface area contributed by atoms with E-state index in [0.717, 1.165) is 0 Å². The van der Waals surface area contributed by atoms with Crippen LogP contribution in [0, 0.1) is 34.5 Å². The van der Waals surface area contributed by atoms with E-state index in [2.05, 4.69) is 0 Å². The van der Waals surface area contributed by atoms with Crippen molar-refractivity contribution in [1.29, 1.82) is 0 Å². The highest BCUT2D eigenvalue weighted by Gasteiger charge is 2.72. The number of fused-ring (bicyclic) bond motifs is 5. The first-order valence-corrected chi connectivity index (χ1v) is 10.3. The van der Waals surface area contributed by atoms with Crippen molar-refractivity contribution in [1.82, 2.24) is 0 Å². The summed E-state index contributed by atoms with van der Waals surface area (Å²) in [6.07, 6.45) is 1.21. The third kappa shape index (κ3) is 2.16. The van der Waals surface area contributed by atoms with E-state index in [0.29, 0.717) is 19.3 Å². The number of aliphatic hydroxyl groups excluding tert-OH is 1. The van der Waals surface area contributed by atoms with Crippen LogP contribution in [0.25, 0.3) is 0 Å². The number of halogens is 2. The summed E-state index contributed by atoms with van der Waals surface area (Å²) >= 11 is 0. The van der Waals surface area contributed by atoms with Crippen LogP contribution in [0.1, 0.15) is 52.9 Å². The van der Waals surface area contributed by atoms with Crippen LogP contribution in [0.4, 0.5) is 8.78 Å². The van der Waals surface area contributed by atoms with Crippen LogP contribution < -0.4 is 0 Å². The molecule has 2 unspecified atom stereocenters. The molecule has 4 aliphatic carbocycles. The number of carbonyl (C=O) groups excluding carboxylic acids is 3. The predicted octanol–water partition coefficient (Wildman–Crippen LogP) is 3.16. The Labute approximate surface area is 163 Å². The zero-order valence-corrected chi connectivity index (χ0v) is 16.6. The molecule has 4 rings (SSSR count). The Hall–Kier alpha value is -1.43. The maximum absolute atomic E-state index is 16.8. The molecule has 1 N–H and O–H groups in total. The topological polar surface area (TPSA) is 71.4 Å². The largest absolute Gasteiger partial charge is 0.389 e. The van der Waals surface area contributed by atoms with Gasteiger partial charge < -0.3 is 5.11 Å². The van der Waals surface area contributed by atoms with Gasteiger partial charge in [0.2, 0.25) is 0 Å². The zero-order chi connectivity index (χ0) is 20.6. The summed E-state index contributed by atoms with van der Waals surface area (Å²) < 4.78 is 32.0. The van der Waals surface area contributed by atoms with Gasteiger partial charge in [-0.2, -0.15) is 0 Å². The molecule has 0 saturated heterocycles. The minimum atomic E-state index is -1.92. The second-order valence-corrected chi connectivity index (χ2v) is 9.75. The molecule has 28 heavy (non-hydrogen) atoms. The Kier molecular flexibility index (Phi) is 4.28. The molecule has 0 amide bonds. The van der Waals surface area contributed by atoms with Crippen molar-refractivity contribution in [2.45, 2.75) is 64.7 Å². The number of aliphatic hydroxyl groups is 1. The quantitative estimate of drug-likeness (QED) is 0.731. The highest BCUT2D eigenvalue weighted by Crippen LogP contribution is 2.69. The molecule has 4 aliphatic rings. The van der Waals surface area contributed by atoms with Crippen LogP contribution in [0.15, 0.2) is 11.6 Å². The van der Waals surface area contributed by atoms with E-state index in [-0.39, 0.29) is 36.0 Å². The smallest absolute Gasteiger partial charge is 0.165 e. The van der Waals surface area contributed by atoms with E-state index < -0.39 is 52.7 Å². The molecule has 0 radical (unpaired) electrons. The van der Waals surface area contributed by atoms with Gasteiger partial charge in [-0.3, -0.25) is 14.4 Å². The molecule has 0 spiro atoms. The van der Waals surface area contributed by atoms with Crippen molar-refractivity contribution >= 4 is 17.3 Å². The molecule has 0 aromatic carbocycles. The van der Waals surface area contributed by atoms with Gasteiger partial charge in [0.25, 0.3) is 0 Å². The number of ketones is 3. The fourth-order valence-corrected chi connectivity index (χ4v) is 7.18. The fraction of sp³-hybridized carbons (Fsp3) is 0.773. The predicted molar refractivity (Wildman–Crippen MR) is 97.9 cm³/mol. The first kappa shape index (κ1) is 19.9. The Morgan fingerprint density at radius 2 is 1.89 bits per heavy atom. The van der Waals surface area contributed by atoms with Crippen molar-refractivity contribution in [2.24, 2.45) is 34.5 Å². The molecule has 154 valence electrons. The summed E-state index contributed by atoms with van der Waals surface area (Å²) in [4.78, 5) is 37.6. The SMILES string of the molecule is CC1C(=O)C=C2C(F)C[C@H]3[C@@H]4CC[C@H](C(=O)CO)[C@@]4(C)CC[C@]3(F)[C@@]2(C)C1=O. The van der Waals surface area contributed by atoms with E-state index in [1.807, 2.05) is 6.92 Å². The number of carbonyl (C=O) groups is 3. The lowest BCUT2D eigenvalue weighted by atomic mass is 9.44. The lowest BCUT2D eigenvalue weighted by Crippen LogP contribution is -2.66. The molecule has 6 heteroatoms. The van der Waals surface area contributed by atoms with E-state index in [9.17, 15) is 19.5 Å². The molecule has 0 heterocycles. The van der Waals surface area contributed by atoms with Gasteiger partial charge in [-0.15, -0.1) is 0 Å². The number of alkyl halides is 2. The number of rotatable bonds is 2. The zero-order valence-electron chi connectivity index (χ0n) is 16.6. The van der Waals surface area contributed by atoms with Crippen molar-refractivity contribution < 1.29 is 28.3 Å². The number of hydrogen-bond donors (Lipinski definition) is 1. The lowest BCUT2D eigenvalue weighted by Gasteiger charge is -2.61. The highest BCUT2D eigenvalue weighted by atomic mass is 19.1. The van der Waals surface area contributed by atoms with Gasteiger partial charge in [0.15, 0.2) is 17.3 Å². The molecular weight excluding hydrogens is 366 g/mol. The van der Waals surface area contributed by atoms with E-state index >= 15 is 8.78 Å². The van der Waals surface area contributed by atoms with Gasteiger partial charge in [0.05, 0.1) is 11.3 Å². The molecule has 0 aromatic rings. The molecule has 3 fully saturated rings. The maximum atomic E-state index is 16.8. The van der Waals surface area contributed by atoms with Crippen molar-refractivity contribution in [3.63, 3.8) is 0 Å². The molecule has 3 saturated carbocycles. The van der Waals surface area contributed by atoms with Crippen LogP contribution in [0.2, 0.25) is 0 Å². The molecule has 8 atom stereocenters. The minimum Gasteiger partial charge on any atom is -0.389 e. The average molecular weight is 394 g/mol. The second-order valence-electron chi connectivity index (χ2n) is 9.75. The second kappa shape index (κ2) is 6.04. The molecule has 0 aromatic heterocycles. The van der Waals surface area contributed by atoms with Gasteiger partial charge in [0.1, 0.15) is 18.4 Å².